The third-order valence-electron chi connectivity index (χ3n) is 5.13. The van der Waals surface area contributed by atoms with Gasteiger partial charge in [0.1, 0.15) is 5.75 Å². The minimum Gasteiger partial charge on any atom is -0.494 e. The molecular formula is C26H29N3O4. The van der Waals surface area contributed by atoms with Crippen molar-refractivity contribution in [1.82, 2.24) is 15.8 Å². The van der Waals surface area contributed by atoms with Gasteiger partial charge in [-0.25, -0.2) is 5.48 Å². The average molecular weight is 448 g/mol. The maximum Gasteiger partial charge on any atom is 0.243 e. The number of carbonyl (C=O) groups is 2. The first-order valence-corrected chi connectivity index (χ1v) is 11.1. The molecule has 0 aliphatic heterocycles. The maximum absolute atomic E-state index is 12.2. The smallest absolute Gasteiger partial charge is 0.243 e. The van der Waals surface area contributed by atoms with Gasteiger partial charge in [-0.1, -0.05) is 48.5 Å². The van der Waals surface area contributed by atoms with Gasteiger partial charge in [-0.05, 0) is 48.6 Å². The van der Waals surface area contributed by atoms with Crippen molar-refractivity contribution < 1.29 is 19.5 Å². The quantitative estimate of drug-likeness (QED) is 0.221. The van der Waals surface area contributed by atoms with Crippen molar-refractivity contribution in [2.24, 2.45) is 0 Å². The van der Waals surface area contributed by atoms with Crippen LogP contribution in [0.4, 0.5) is 0 Å². The third kappa shape index (κ3) is 8.38. The second-order valence-electron chi connectivity index (χ2n) is 7.70. The Morgan fingerprint density at radius 3 is 2.30 bits per heavy atom. The molecule has 0 unspecified atom stereocenters. The van der Waals surface area contributed by atoms with Crippen molar-refractivity contribution in [3.8, 4) is 16.9 Å². The van der Waals surface area contributed by atoms with Crippen LogP contribution in [0.3, 0.4) is 0 Å². The molecular weight excluding hydrogens is 418 g/mol. The summed E-state index contributed by atoms with van der Waals surface area (Å²) in [5.41, 5.74) is 5.40. The molecule has 0 aliphatic carbocycles. The van der Waals surface area contributed by atoms with Crippen LogP contribution < -0.4 is 15.5 Å². The molecule has 0 radical (unpaired) electrons. The summed E-state index contributed by atoms with van der Waals surface area (Å²) in [6.07, 6.45) is 4.74. The largest absolute Gasteiger partial charge is 0.494 e. The molecule has 33 heavy (non-hydrogen) atoms. The van der Waals surface area contributed by atoms with E-state index in [-0.39, 0.29) is 18.2 Å². The summed E-state index contributed by atoms with van der Waals surface area (Å²) in [5, 5.41) is 11.4. The number of amides is 2. The van der Waals surface area contributed by atoms with Crippen molar-refractivity contribution in [2.75, 3.05) is 6.61 Å². The van der Waals surface area contributed by atoms with E-state index < -0.39 is 0 Å². The van der Waals surface area contributed by atoms with Crippen molar-refractivity contribution in [3.05, 3.63) is 84.2 Å². The Bertz CT molecular complexity index is 1010. The van der Waals surface area contributed by atoms with E-state index in [1.54, 1.807) is 11.7 Å². The highest BCUT2D eigenvalue weighted by atomic mass is 16.5. The monoisotopic (exact) mass is 447 g/mol. The van der Waals surface area contributed by atoms with Crippen molar-refractivity contribution in [3.63, 3.8) is 0 Å². The highest BCUT2D eigenvalue weighted by Crippen LogP contribution is 2.22. The zero-order valence-electron chi connectivity index (χ0n) is 18.5. The van der Waals surface area contributed by atoms with Gasteiger partial charge >= 0.3 is 0 Å². The lowest BCUT2D eigenvalue weighted by atomic mass is 10.1. The number of nitrogens with zero attached hydrogens (tertiary/aromatic N) is 1. The highest BCUT2D eigenvalue weighted by Gasteiger charge is 2.06. The maximum atomic E-state index is 12.2. The molecule has 0 bridgehead atoms. The number of aromatic nitrogens is 1. The molecule has 0 saturated carbocycles. The average Bonchev–Trinajstić information content (AvgIpc) is 2.86. The molecule has 7 nitrogen and oxygen atoms in total. The summed E-state index contributed by atoms with van der Waals surface area (Å²) >= 11 is 0. The van der Waals surface area contributed by atoms with E-state index in [1.165, 1.54) is 0 Å². The van der Waals surface area contributed by atoms with E-state index in [2.05, 4.69) is 10.3 Å². The van der Waals surface area contributed by atoms with E-state index in [4.69, 9.17) is 9.94 Å². The molecule has 3 aromatic rings. The van der Waals surface area contributed by atoms with E-state index in [1.807, 2.05) is 66.7 Å². The summed E-state index contributed by atoms with van der Waals surface area (Å²) in [4.78, 5) is 27.5. The molecule has 0 saturated heterocycles. The first-order chi connectivity index (χ1) is 16.1. The van der Waals surface area contributed by atoms with E-state index >= 15 is 0 Å². The molecule has 2 aromatic carbocycles. The summed E-state index contributed by atoms with van der Waals surface area (Å²) in [6.45, 7) is 1.08. The molecule has 0 spiro atoms. The molecule has 7 heteroatoms. The van der Waals surface area contributed by atoms with Gasteiger partial charge in [0, 0.05) is 30.4 Å². The molecule has 0 aliphatic rings. The van der Waals surface area contributed by atoms with E-state index in [0.717, 1.165) is 41.0 Å². The van der Waals surface area contributed by atoms with Crippen LogP contribution >= 0.6 is 0 Å². The standard InChI is InChI=1S/C26H29N3O4/c30-25(29-32)9-5-2-6-16-33-24-14-11-21(12-15-24)22-10-13-23(27-19-22)17-26(31)28-18-20-7-3-1-4-8-20/h1,3-4,7-8,10-15,19,32H,2,5-6,9,16-18H2,(H,28,31)(H,29,30). The molecule has 1 heterocycles. The Hall–Kier alpha value is -3.71. The summed E-state index contributed by atoms with van der Waals surface area (Å²) < 4.78 is 5.74. The number of nitrogens with one attached hydrogen (secondary N) is 2. The van der Waals surface area contributed by atoms with Crippen LogP contribution in [0.1, 0.15) is 36.9 Å². The lowest BCUT2D eigenvalue weighted by Gasteiger charge is -2.08. The van der Waals surface area contributed by atoms with Crippen molar-refractivity contribution >= 4 is 11.8 Å². The Balaban J connectivity index is 1.40. The van der Waals surface area contributed by atoms with Gasteiger partial charge in [-0.3, -0.25) is 19.8 Å². The van der Waals surface area contributed by atoms with Crippen LogP contribution in [-0.4, -0.2) is 28.6 Å². The van der Waals surface area contributed by atoms with Gasteiger partial charge in [0.05, 0.1) is 13.0 Å². The Kier molecular flexibility index (Phi) is 9.42. The van der Waals surface area contributed by atoms with Crippen LogP contribution in [0, 0.1) is 0 Å². The van der Waals surface area contributed by atoms with Gasteiger partial charge in [0.2, 0.25) is 11.8 Å². The molecule has 172 valence electrons. The van der Waals surface area contributed by atoms with Gasteiger partial charge in [-0.15, -0.1) is 0 Å². The summed E-state index contributed by atoms with van der Waals surface area (Å²) in [5.74, 6) is 0.365. The molecule has 3 rings (SSSR count). The van der Waals surface area contributed by atoms with Crippen LogP contribution in [-0.2, 0) is 22.6 Å². The number of hydrogen-bond acceptors (Lipinski definition) is 5. The summed E-state index contributed by atoms with van der Waals surface area (Å²) in [6, 6.07) is 21.4. The second kappa shape index (κ2) is 13.0. The predicted molar refractivity (Wildman–Crippen MR) is 126 cm³/mol. The van der Waals surface area contributed by atoms with Crippen molar-refractivity contribution in [1.29, 1.82) is 0 Å². The van der Waals surface area contributed by atoms with Gasteiger partial charge < -0.3 is 10.1 Å². The topological polar surface area (TPSA) is 101 Å². The zero-order valence-corrected chi connectivity index (χ0v) is 18.5. The molecule has 0 atom stereocenters. The van der Waals surface area contributed by atoms with Gasteiger partial charge in [0.25, 0.3) is 0 Å². The number of hydroxylamine groups is 1. The van der Waals surface area contributed by atoms with Gasteiger partial charge in [0.15, 0.2) is 0 Å². The molecule has 0 fully saturated rings. The highest BCUT2D eigenvalue weighted by molar-refractivity contribution is 5.78. The minimum atomic E-state index is -0.361. The van der Waals surface area contributed by atoms with Crippen LogP contribution in [0.2, 0.25) is 0 Å². The Labute approximate surface area is 193 Å². The number of rotatable bonds is 12. The zero-order chi connectivity index (χ0) is 23.3. The number of pyridine rings is 1. The number of carbonyl (C=O) groups excluding carboxylic acids is 2. The lowest BCUT2D eigenvalue weighted by Crippen LogP contribution is -2.24. The molecule has 2 amide bonds. The minimum absolute atomic E-state index is 0.0581. The fraction of sp³-hybridized carbons (Fsp3) is 0.269. The number of unbranched alkanes of at least 4 members (excludes halogenated alkanes) is 2. The SMILES string of the molecule is O=C(CCCCCOc1ccc(-c2ccc(CC(=O)NCc3ccccc3)nc2)cc1)NO. The first kappa shape index (κ1) is 23.9. The van der Waals surface area contributed by atoms with Gasteiger partial charge in [-0.2, -0.15) is 0 Å². The first-order valence-electron chi connectivity index (χ1n) is 11.1. The third-order valence-corrected chi connectivity index (χ3v) is 5.13. The fourth-order valence-electron chi connectivity index (χ4n) is 3.28. The van der Waals surface area contributed by atoms with Crippen LogP contribution in [0.15, 0.2) is 72.9 Å². The van der Waals surface area contributed by atoms with Crippen LogP contribution in [0.25, 0.3) is 11.1 Å². The fourth-order valence-corrected chi connectivity index (χ4v) is 3.28. The Morgan fingerprint density at radius 1 is 0.848 bits per heavy atom. The lowest BCUT2D eigenvalue weighted by molar-refractivity contribution is -0.129. The summed E-state index contributed by atoms with van der Waals surface area (Å²) in [7, 11) is 0. The Morgan fingerprint density at radius 2 is 1.61 bits per heavy atom. The predicted octanol–water partition coefficient (Wildman–Crippen LogP) is 4.05. The van der Waals surface area contributed by atoms with E-state index in [9.17, 15) is 9.59 Å². The number of benzene rings is 2. The second-order valence-corrected chi connectivity index (χ2v) is 7.70. The van der Waals surface area contributed by atoms with Crippen molar-refractivity contribution in [2.45, 2.75) is 38.6 Å². The number of ether oxygens (including phenoxy) is 1. The normalized spacial score (nSPS) is 10.5. The molecule has 1 aromatic heterocycles. The van der Waals surface area contributed by atoms with E-state index in [0.29, 0.717) is 26.0 Å². The van der Waals surface area contributed by atoms with Crippen LogP contribution in [0.5, 0.6) is 5.75 Å². The molecule has 3 N–H and O–H groups in total. The number of hydrogen-bond donors (Lipinski definition) is 3.